The highest BCUT2D eigenvalue weighted by atomic mass is 16.6. The number of nitrogens with zero attached hydrogens (tertiary/aromatic N) is 4. The Morgan fingerprint density at radius 2 is 2.32 bits per heavy atom. The molecule has 7 nitrogen and oxygen atoms in total. The van der Waals surface area contributed by atoms with E-state index in [4.69, 9.17) is 9.26 Å². The highest BCUT2D eigenvalue weighted by Crippen LogP contribution is 2.32. The molecule has 1 atom stereocenters. The lowest BCUT2D eigenvalue weighted by Gasteiger charge is -2.22. The van der Waals surface area contributed by atoms with E-state index in [0.717, 1.165) is 12.8 Å². The summed E-state index contributed by atoms with van der Waals surface area (Å²) < 4.78 is 10.6. The Morgan fingerprint density at radius 3 is 3.05 bits per heavy atom. The molecular formula is C15H18N4O3. The summed E-state index contributed by atoms with van der Waals surface area (Å²) in [6.45, 7) is 4.29. The highest BCUT2D eigenvalue weighted by molar-refractivity contribution is 5.68. The van der Waals surface area contributed by atoms with E-state index in [1.165, 1.54) is 0 Å². The zero-order valence-corrected chi connectivity index (χ0v) is 12.6. The van der Waals surface area contributed by atoms with Crippen molar-refractivity contribution in [2.45, 2.75) is 38.8 Å². The van der Waals surface area contributed by atoms with Crippen molar-refractivity contribution in [2.75, 3.05) is 6.54 Å². The molecule has 22 heavy (non-hydrogen) atoms. The van der Waals surface area contributed by atoms with Gasteiger partial charge in [-0.1, -0.05) is 11.2 Å². The van der Waals surface area contributed by atoms with Gasteiger partial charge in [0.05, 0.1) is 6.10 Å². The molecule has 0 unspecified atom stereocenters. The second-order valence-corrected chi connectivity index (χ2v) is 5.46. The number of hydrogen-bond acceptors (Lipinski definition) is 6. The molecule has 0 aliphatic carbocycles. The minimum Gasteiger partial charge on any atom is -0.447 e. The molecule has 0 aromatic carbocycles. The molecule has 2 aromatic rings. The Balaban J connectivity index is 1.79. The van der Waals surface area contributed by atoms with Crippen molar-refractivity contribution in [3.8, 4) is 11.5 Å². The minimum atomic E-state index is -0.338. The summed E-state index contributed by atoms with van der Waals surface area (Å²) in [5.41, 5.74) is 0.645. The Bertz CT molecular complexity index is 641. The lowest BCUT2D eigenvalue weighted by Crippen LogP contribution is -2.32. The maximum absolute atomic E-state index is 12.1. The van der Waals surface area contributed by atoms with Gasteiger partial charge >= 0.3 is 6.09 Å². The second kappa shape index (κ2) is 6.13. The van der Waals surface area contributed by atoms with Crippen LogP contribution in [0, 0.1) is 0 Å². The summed E-state index contributed by atoms with van der Waals surface area (Å²) in [5, 5.41) is 3.96. The fourth-order valence-electron chi connectivity index (χ4n) is 2.48. The van der Waals surface area contributed by atoms with E-state index in [1.807, 2.05) is 32.0 Å². The van der Waals surface area contributed by atoms with Gasteiger partial charge in [-0.3, -0.25) is 9.88 Å². The predicted octanol–water partition coefficient (Wildman–Crippen LogP) is 2.81. The van der Waals surface area contributed by atoms with Crippen molar-refractivity contribution in [3.63, 3.8) is 0 Å². The number of rotatable bonds is 3. The number of aromatic nitrogens is 3. The van der Waals surface area contributed by atoms with Crippen LogP contribution in [0.4, 0.5) is 4.79 Å². The van der Waals surface area contributed by atoms with E-state index in [-0.39, 0.29) is 18.2 Å². The van der Waals surface area contributed by atoms with Crippen molar-refractivity contribution in [3.05, 3.63) is 30.3 Å². The number of carbonyl (C=O) groups is 1. The molecule has 0 bridgehead atoms. The second-order valence-electron chi connectivity index (χ2n) is 5.46. The summed E-state index contributed by atoms with van der Waals surface area (Å²) in [5.74, 6) is 0.860. The first kappa shape index (κ1) is 14.5. The molecule has 3 rings (SSSR count). The van der Waals surface area contributed by atoms with Gasteiger partial charge in [0.15, 0.2) is 0 Å². The number of ether oxygens (including phenoxy) is 1. The molecule has 1 aliphatic heterocycles. The van der Waals surface area contributed by atoms with Gasteiger partial charge in [0.25, 0.3) is 0 Å². The van der Waals surface area contributed by atoms with Crippen molar-refractivity contribution >= 4 is 6.09 Å². The standard InChI is InChI=1S/C15H18N4O3/c1-10(2)21-15(20)19-9-5-7-12(19)14-17-13(18-22-14)11-6-3-4-8-16-11/h3-4,6,8,10,12H,5,7,9H2,1-2H3/t12-/m0/s1. The number of hydrogen-bond donors (Lipinski definition) is 0. The van der Waals surface area contributed by atoms with Crippen LogP contribution in [0.3, 0.4) is 0 Å². The zero-order chi connectivity index (χ0) is 15.5. The highest BCUT2D eigenvalue weighted by Gasteiger charge is 2.35. The lowest BCUT2D eigenvalue weighted by molar-refractivity contribution is 0.0687. The van der Waals surface area contributed by atoms with Gasteiger partial charge in [-0.25, -0.2) is 4.79 Å². The van der Waals surface area contributed by atoms with Gasteiger partial charge in [-0.2, -0.15) is 4.98 Å². The topological polar surface area (TPSA) is 81.4 Å². The first-order valence-electron chi connectivity index (χ1n) is 7.37. The van der Waals surface area contributed by atoms with Crippen molar-refractivity contribution in [1.82, 2.24) is 20.0 Å². The molecule has 116 valence electrons. The molecule has 1 fully saturated rings. The first-order valence-corrected chi connectivity index (χ1v) is 7.37. The number of pyridine rings is 1. The van der Waals surface area contributed by atoms with Crippen molar-refractivity contribution < 1.29 is 14.1 Å². The van der Waals surface area contributed by atoms with Crippen LogP contribution in [0.15, 0.2) is 28.9 Å². The van der Waals surface area contributed by atoms with E-state index in [1.54, 1.807) is 11.1 Å². The van der Waals surface area contributed by atoms with Crippen LogP contribution in [-0.4, -0.2) is 38.8 Å². The van der Waals surface area contributed by atoms with E-state index in [2.05, 4.69) is 15.1 Å². The third-order valence-corrected chi connectivity index (χ3v) is 3.44. The molecule has 0 saturated carbocycles. The number of carbonyl (C=O) groups excluding carboxylic acids is 1. The average molecular weight is 302 g/mol. The normalized spacial score (nSPS) is 18.0. The lowest BCUT2D eigenvalue weighted by atomic mass is 10.2. The van der Waals surface area contributed by atoms with E-state index in [9.17, 15) is 4.79 Å². The predicted molar refractivity (Wildman–Crippen MR) is 77.8 cm³/mol. The van der Waals surface area contributed by atoms with E-state index >= 15 is 0 Å². The van der Waals surface area contributed by atoms with Crippen LogP contribution in [0.2, 0.25) is 0 Å². The van der Waals surface area contributed by atoms with E-state index in [0.29, 0.717) is 24.0 Å². The smallest absolute Gasteiger partial charge is 0.410 e. The SMILES string of the molecule is CC(C)OC(=O)N1CCC[C@H]1c1nc(-c2ccccn2)no1. The average Bonchev–Trinajstić information content (AvgIpc) is 3.16. The van der Waals surface area contributed by atoms with Gasteiger partial charge in [-0.05, 0) is 38.8 Å². The summed E-state index contributed by atoms with van der Waals surface area (Å²) in [6.07, 6.45) is 2.86. The van der Waals surface area contributed by atoms with Crippen LogP contribution in [0.25, 0.3) is 11.5 Å². The molecule has 1 aliphatic rings. The molecule has 0 spiro atoms. The molecular weight excluding hydrogens is 284 g/mol. The van der Waals surface area contributed by atoms with E-state index < -0.39 is 0 Å². The fourth-order valence-corrected chi connectivity index (χ4v) is 2.48. The van der Waals surface area contributed by atoms with Gasteiger partial charge < -0.3 is 9.26 Å². The van der Waals surface area contributed by atoms with Crippen LogP contribution in [0.1, 0.15) is 38.6 Å². The largest absolute Gasteiger partial charge is 0.447 e. The Hall–Kier alpha value is -2.44. The van der Waals surface area contributed by atoms with Crippen molar-refractivity contribution in [2.24, 2.45) is 0 Å². The van der Waals surface area contributed by atoms with Gasteiger partial charge in [0, 0.05) is 12.7 Å². The Morgan fingerprint density at radius 1 is 1.45 bits per heavy atom. The molecule has 3 heterocycles. The minimum absolute atomic E-state index is 0.152. The quantitative estimate of drug-likeness (QED) is 0.867. The van der Waals surface area contributed by atoms with Crippen LogP contribution in [0.5, 0.6) is 0 Å². The first-order chi connectivity index (χ1) is 10.6. The molecule has 7 heteroatoms. The molecule has 1 amide bonds. The molecule has 0 N–H and O–H groups in total. The van der Waals surface area contributed by atoms with Crippen LogP contribution in [-0.2, 0) is 4.74 Å². The summed E-state index contributed by atoms with van der Waals surface area (Å²) in [6, 6.07) is 5.27. The van der Waals surface area contributed by atoms with Crippen LogP contribution < -0.4 is 0 Å². The zero-order valence-electron chi connectivity index (χ0n) is 12.6. The monoisotopic (exact) mass is 302 g/mol. The number of likely N-dealkylation sites (tertiary alicyclic amines) is 1. The molecule has 2 aromatic heterocycles. The van der Waals surface area contributed by atoms with Gasteiger partial charge in [0.1, 0.15) is 11.7 Å². The summed E-state index contributed by atoms with van der Waals surface area (Å²) in [4.78, 5) is 22.3. The number of amides is 1. The third kappa shape index (κ3) is 2.93. The third-order valence-electron chi connectivity index (χ3n) is 3.44. The summed E-state index contributed by atoms with van der Waals surface area (Å²) >= 11 is 0. The van der Waals surface area contributed by atoms with Crippen molar-refractivity contribution in [1.29, 1.82) is 0 Å². The molecule has 1 saturated heterocycles. The maximum Gasteiger partial charge on any atom is 0.410 e. The van der Waals surface area contributed by atoms with Gasteiger partial charge in [0.2, 0.25) is 11.7 Å². The Labute approximate surface area is 128 Å². The Kier molecular flexibility index (Phi) is 4.04. The van der Waals surface area contributed by atoms with Gasteiger partial charge in [-0.15, -0.1) is 0 Å². The summed E-state index contributed by atoms with van der Waals surface area (Å²) in [7, 11) is 0. The maximum atomic E-state index is 12.1. The fraction of sp³-hybridized carbons (Fsp3) is 0.467. The molecule has 0 radical (unpaired) electrons. The van der Waals surface area contributed by atoms with Crippen LogP contribution >= 0.6 is 0 Å².